The number of halogens is 2. The summed E-state index contributed by atoms with van der Waals surface area (Å²) in [5.41, 5.74) is 9.89. The van der Waals surface area contributed by atoms with Crippen LogP contribution in [0.15, 0.2) is 64.3 Å². The van der Waals surface area contributed by atoms with E-state index < -0.39 is 12.7 Å². The highest BCUT2D eigenvalue weighted by molar-refractivity contribution is 6.02. The van der Waals surface area contributed by atoms with E-state index in [9.17, 15) is 13.6 Å². The number of aliphatic imine (C=N–C) groups is 1. The molecule has 1 aliphatic carbocycles. The summed E-state index contributed by atoms with van der Waals surface area (Å²) >= 11 is 0. The summed E-state index contributed by atoms with van der Waals surface area (Å²) < 4.78 is 35.6. The number of hydrogen-bond acceptors (Lipinski definition) is 6. The maximum Gasteiger partial charge on any atom is 0.387 e. The van der Waals surface area contributed by atoms with Gasteiger partial charge in [-0.25, -0.2) is 4.99 Å². The molecule has 0 radical (unpaired) electrons. The predicted molar refractivity (Wildman–Crippen MR) is 109 cm³/mol. The summed E-state index contributed by atoms with van der Waals surface area (Å²) in [6.07, 6.45) is 6.08. The van der Waals surface area contributed by atoms with Crippen LogP contribution >= 0.6 is 0 Å². The van der Waals surface area contributed by atoms with E-state index in [1.54, 1.807) is 24.6 Å². The summed E-state index contributed by atoms with van der Waals surface area (Å²) in [7, 11) is 0. The number of rotatable bonds is 7. The minimum atomic E-state index is -2.89. The lowest BCUT2D eigenvalue weighted by atomic mass is 10.0. The van der Waals surface area contributed by atoms with E-state index in [4.69, 9.17) is 10.5 Å². The van der Waals surface area contributed by atoms with Gasteiger partial charge in [0.15, 0.2) is 0 Å². The number of carbonyl (C=O) groups excluding carboxylic acids is 1. The van der Waals surface area contributed by atoms with Crippen molar-refractivity contribution in [3.05, 3.63) is 64.8 Å². The van der Waals surface area contributed by atoms with Gasteiger partial charge in [-0.2, -0.15) is 8.78 Å². The first-order chi connectivity index (χ1) is 15.0. The third kappa shape index (κ3) is 3.75. The van der Waals surface area contributed by atoms with E-state index in [0.717, 1.165) is 36.1 Å². The normalized spacial score (nSPS) is 20.9. The van der Waals surface area contributed by atoms with Gasteiger partial charge in [-0.05, 0) is 42.9 Å². The first kappa shape index (κ1) is 19.6. The molecule has 1 amide bonds. The largest absolute Gasteiger partial charge is 0.495 e. The number of primary amides is 1. The average Bonchev–Trinajstić information content (AvgIpc) is 3.51. The molecule has 31 heavy (non-hydrogen) atoms. The van der Waals surface area contributed by atoms with E-state index in [1.165, 1.54) is 6.07 Å². The molecule has 1 aromatic carbocycles. The predicted octanol–water partition coefficient (Wildman–Crippen LogP) is 2.62. The number of nitrogens with two attached hydrogens (primary N) is 1. The topological polar surface area (TPSA) is 89.2 Å². The van der Waals surface area contributed by atoms with E-state index >= 15 is 0 Å². The molecule has 1 fully saturated rings. The fourth-order valence-corrected chi connectivity index (χ4v) is 4.27. The molecule has 1 atom stereocenters. The van der Waals surface area contributed by atoms with E-state index in [2.05, 4.69) is 19.9 Å². The third-order valence-electron chi connectivity index (χ3n) is 5.85. The summed E-state index contributed by atoms with van der Waals surface area (Å²) in [6, 6.07) is 6.06. The van der Waals surface area contributed by atoms with Gasteiger partial charge in [0.25, 0.3) is 0 Å². The summed E-state index contributed by atoms with van der Waals surface area (Å²) in [4.78, 5) is 18.6. The lowest BCUT2D eigenvalue weighted by Crippen LogP contribution is -2.43. The fraction of sp³-hybridized carbons (Fsp3) is 0.364. The quantitative estimate of drug-likeness (QED) is 0.697. The Bertz CT molecular complexity index is 1040. The number of alkyl halides is 2. The maximum atomic E-state index is 12.6. The number of carbonyl (C=O) groups is 1. The molecule has 0 bridgehead atoms. The van der Waals surface area contributed by atoms with E-state index in [1.807, 2.05) is 6.07 Å². The van der Waals surface area contributed by atoms with Crippen LogP contribution in [0.5, 0.6) is 5.75 Å². The van der Waals surface area contributed by atoms with Crippen LogP contribution in [0.2, 0.25) is 0 Å². The molecule has 162 valence electrons. The van der Waals surface area contributed by atoms with Gasteiger partial charge in [0.05, 0.1) is 11.4 Å². The zero-order chi connectivity index (χ0) is 21.5. The highest BCUT2D eigenvalue weighted by Crippen LogP contribution is 2.39. The summed E-state index contributed by atoms with van der Waals surface area (Å²) in [5, 5.41) is 3.27. The number of amidine groups is 1. The van der Waals surface area contributed by atoms with E-state index in [-0.39, 0.29) is 17.6 Å². The van der Waals surface area contributed by atoms with Crippen LogP contribution in [0.1, 0.15) is 24.8 Å². The molecule has 7 nitrogen and oxygen atoms in total. The van der Waals surface area contributed by atoms with Gasteiger partial charge in [-0.3, -0.25) is 4.79 Å². The molecule has 5 rings (SSSR count). The fourth-order valence-electron chi connectivity index (χ4n) is 4.27. The summed E-state index contributed by atoms with van der Waals surface area (Å²) in [5.74, 6) is 0.583. The van der Waals surface area contributed by atoms with Crippen molar-refractivity contribution in [2.75, 3.05) is 13.2 Å². The standard InChI is InChI=1S/C22H22F2N4O3/c23-22(24)31-15-3-1-2-13(8-15)21-26-9-16-17(27-18(20(25)29)12-4-5-12)11-30-10-14-6-7-28(21)19(14)16/h1-3,8-9,11-12,18,22,27H,4-7,10H2,(H2,25,29). The number of nitrogens with zero attached hydrogens (tertiary/aromatic N) is 2. The molecular weight excluding hydrogens is 406 g/mol. The van der Waals surface area contributed by atoms with Crippen molar-refractivity contribution < 1.29 is 23.0 Å². The average molecular weight is 428 g/mol. The van der Waals surface area contributed by atoms with Crippen molar-refractivity contribution in [3.63, 3.8) is 0 Å². The molecule has 0 spiro atoms. The molecule has 1 unspecified atom stereocenters. The third-order valence-corrected chi connectivity index (χ3v) is 5.85. The van der Waals surface area contributed by atoms with Gasteiger partial charge in [-0.1, -0.05) is 12.1 Å². The Hall–Kier alpha value is -3.36. The van der Waals surface area contributed by atoms with Gasteiger partial charge in [-0.15, -0.1) is 0 Å². The Morgan fingerprint density at radius 2 is 2.19 bits per heavy atom. The second kappa shape index (κ2) is 7.72. The molecule has 0 saturated heterocycles. The van der Waals surface area contributed by atoms with Crippen LogP contribution < -0.4 is 15.8 Å². The highest BCUT2D eigenvalue weighted by Gasteiger charge is 2.39. The van der Waals surface area contributed by atoms with Gasteiger partial charge in [0.2, 0.25) is 5.91 Å². The minimum Gasteiger partial charge on any atom is -0.495 e. The zero-order valence-electron chi connectivity index (χ0n) is 16.7. The van der Waals surface area contributed by atoms with Crippen LogP contribution in [0.25, 0.3) is 0 Å². The molecule has 3 N–H and O–H groups in total. The van der Waals surface area contributed by atoms with E-state index in [0.29, 0.717) is 30.2 Å². The van der Waals surface area contributed by atoms with Crippen molar-refractivity contribution in [1.29, 1.82) is 0 Å². The Morgan fingerprint density at radius 1 is 1.35 bits per heavy atom. The smallest absolute Gasteiger partial charge is 0.387 e. The van der Waals surface area contributed by atoms with Crippen LogP contribution in [0, 0.1) is 5.92 Å². The van der Waals surface area contributed by atoms with Crippen LogP contribution in [-0.2, 0) is 9.53 Å². The number of nitrogens with one attached hydrogen (secondary N) is 1. The highest BCUT2D eigenvalue weighted by atomic mass is 19.3. The van der Waals surface area contributed by atoms with Crippen molar-refractivity contribution >= 4 is 11.7 Å². The molecule has 4 aliphatic rings. The van der Waals surface area contributed by atoms with Crippen LogP contribution in [0.3, 0.4) is 0 Å². The molecule has 9 heteroatoms. The number of ether oxygens (including phenoxy) is 2. The molecule has 1 saturated carbocycles. The van der Waals surface area contributed by atoms with Gasteiger partial charge < -0.3 is 25.4 Å². The Labute approximate surface area is 177 Å². The summed E-state index contributed by atoms with van der Waals surface area (Å²) in [6.45, 7) is -1.77. The molecule has 3 aliphatic heterocycles. The van der Waals surface area contributed by atoms with Crippen molar-refractivity contribution in [1.82, 2.24) is 10.2 Å². The van der Waals surface area contributed by atoms with Crippen molar-refractivity contribution in [2.45, 2.75) is 31.9 Å². The van der Waals surface area contributed by atoms with Gasteiger partial charge in [0, 0.05) is 23.9 Å². The first-order valence-electron chi connectivity index (χ1n) is 10.2. The molecular formula is C22H22F2N4O3. The lowest BCUT2D eigenvalue weighted by molar-refractivity contribution is -0.120. The minimum absolute atomic E-state index is 0.0820. The molecule has 3 heterocycles. The second-order valence-corrected chi connectivity index (χ2v) is 7.96. The molecule has 1 aromatic rings. The van der Waals surface area contributed by atoms with Gasteiger partial charge in [0.1, 0.15) is 30.5 Å². The lowest BCUT2D eigenvalue weighted by Gasteiger charge is -2.30. The number of benzene rings is 1. The first-order valence-corrected chi connectivity index (χ1v) is 10.2. The SMILES string of the molecule is NC(=O)C(NC1=COCC2=C3C1=CN=C(c1cccc(OC(F)F)c1)N3CC2)C1CC1. The van der Waals surface area contributed by atoms with Crippen molar-refractivity contribution in [3.8, 4) is 5.75 Å². The van der Waals surface area contributed by atoms with Crippen LogP contribution in [-0.4, -0.2) is 42.4 Å². The number of amides is 1. The molecule has 0 aromatic heterocycles. The number of hydrogen-bond donors (Lipinski definition) is 2. The Morgan fingerprint density at radius 3 is 2.94 bits per heavy atom. The van der Waals surface area contributed by atoms with Crippen LogP contribution in [0.4, 0.5) is 8.78 Å². The Kier molecular flexibility index (Phi) is 4.88. The monoisotopic (exact) mass is 428 g/mol. The maximum absolute atomic E-state index is 12.6. The van der Waals surface area contributed by atoms with Crippen molar-refractivity contribution in [2.24, 2.45) is 16.6 Å². The zero-order valence-corrected chi connectivity index (χ0v) is 16.7. The second-order valence-electron chi connectivity index (χ2n) is 7.96. The van der Waals surface area contributed by atoms with Gasteiger partial charge >= 0.3 is 6.61 Å². The Balaban J connectivity index is 1.50.